The lowest BCUT2D eigenvalue weighted by molar-refractivity contribution is -0.387. The number of nitrogens with zero attached hydrogens (tertiary/aromatic N) is 2. The van der Waals surface area contributed by atoms with E-state index in [4.69, 9.17) is 11.6 Å². The third-order valence-corrected chi connectivity index (χ3v) is 5.20. The summed E-state index contributed by atoms with van der Waals surface area (Å²) in [6, 6.07) is 3.56. The summed E-state index contributed by atoms with van der Waals surface area (Å²) in [5.74, 6) is 0. The second-order valence-corrected chi connectivity index (χ2v) is 6.72. The van der Waals surface area contributed by atoms with Gasteiger partial charge in [-0.1, -0.05) is 11.6 Å². The van der Waals surface area contributed by atoms with E-state index in [1.54, 1.807) is 0 Å². The van der Waals surface area contributed by atoms with Crippen LogP contribution in [0.3, 0.4) is 0 Å². The molecule has 1 N–H and O–H groups in total. The van der Waals surface area contributed by atoms with Crippen LogP contribution >= 0.6 is 24.0 Å². The Balaban J connectivity index is 0.00000220. The first-order valence-corrected chi connectivity index (χ1v) is 7.89. The zero-order chi connectivity index (χ0) is 14.8. The van der Waals surface area contributed by atoms with Gasteiger partial charge < -0.3 is 5.32 Å². The largest absolute Gasteiger partial charge is 0.315 e. The highest BCUT2D eigenvalue weighted by molar-refractivity contribution is 7.89. The van der Waals surface area contributed by atoms with Gasteiger partial charge in [-0.05, 0) is 25.1 Å². The highest BCUT2D eigenvalue weighted by Crippen LogP contribution is 2.29. The summed E-state index contributed by atoms with van der Waals surface area (Å²) < 4.78 is 26.4. The maximum Gasteiger partial charge on any atom is 0.289 e. The van der Waals surface area contributed by atoms with E-state index >= 15 is 0 Å². The van der Waals surface area contributed by atoms with Crippen LogP contribution < -0.4 is 5.32 Å². The lowest BCUT2D eigenvalue weighted by Crippen LogP contribution is -2.34. The lowest BCUT2D eigenvalue weighted by atomic mass is 10.3. The molecule has 0 aliphatic carbocycles. The zero-order valence-corrected chi connectivity index (χ0v) is 13.4. The Labute approximate surface area is 133 Å². The molecule has 0 radical (unpaired) electrons. The van der Waals surface area contributed by atoms with Gasteiger partial charge in [-0.2, -0.15) is 4.31 Å². The smallest absolute Gasteiger partial charge is 0.289 e. The normalized spacial score (nSPS) is 16.8. The minimum absolute atomic E-state index is 0. The molecular formula is C11H15Cl2N3O4S. The summed E-state index contributed by atoms with van der Waals surface area (Å²) in [6.07, 6.45) is 0.660. The van der Waals surface area contributed by atoms with E-state index in [0.29, 0.717) is 19.5 Å². The molecule has 1 aromatic rings. The molecule has 0 amide bonds. The third kappa shape index (κ3) is 4.04. The predicted octanol–water partition coefficient (Wildman–Crippen LogP) is 1.65. The molecule has 0 saturated carbocycles. The standard InChI is InChI=1S/C11H14ClN3O4S.ClH/c12-9-2-3-10(15(16)17)11(8-9)20(18,19)14-6-1-4-13-5-7-14;/h2-3,8,13H,1,4-7H2;1H. The number of hydrogen-bond donors (Lipinski definition) is 1. The topological polar surface area (TPSA) is 92.5 Å². The minimum atomic E-state index is -3.92. The Morgan fingerprint density at radius 2 is 2.00 bits per heavy atom. The molecule has 2 rings (SSSR count). The third-order valence-electron chi connectivity index (χ3n) is 3.04. The van der Waals surface area contributed by atoms with E-state index in [0.717, 1.165) is 18.7 Å². The van der Waals surface area contributed by atoms with Crippen LogP contribution in [0.2, 0.25) is 5.02 Å². The van der Waals surface area contributed by atoms with Crippen LogP contribution in [-0.2, 0) is 10.0 Å². The molecule has 1 heterocycles. The van der Waals surface area contributed by atoms with E-state index < -0.39 is 20.6 Å². The fourth-order valence-electron chi connectivity index (χ4n) is 2.05. The molecule has 0 atom stereocenters. The first kappa shape index (κ1) is 18.1. The van der Waals surface area contributed by atoms with Crippen molar-refractivity contribution in [1.82, 2.24) is 9.62 Å². The van der Waals surface area contributed by atoms with Crippen molar-refractivity contribution in [2.75, 3.05) is 26.2 Å². The number of hydrogen-bond acceptors (Lipinski definition) is 5. The number of benzene rings is 1. The van der Waals surface area contributed by atoms with Crippen molar-refractivity contribution in [2.24, 2.45) is 0 Å². The monoisotopic (exact) mass is 355 g/mol. The average Bonchev–Trinajstić information content (AvgIpc) is 2.67. The van der Waals surface area contributed by atoms with Crippen molar-refractivity contribution < 1.29 is 13.3 Å². The van der Waals surface area contributed by atoms with E-state index in [-0.39, 0.29) is 28.9 Å². The van der Waals surface area contributed by atoms with Crippen LogP contribution in [-0.4, -0.2) is 43.8 Å². The molecule has 1 fully saturated rings. The Morgan fingerprint density at radius 3 is 2.67 bits per heavy atom. The minimum Gasteiger partial charge on any atom is -0.315 e. The Kier molecular flexibility index (Phi) is 6.36. The van der Waals surface area contributed by atoms with Gasteiger partial charge in [0.05, 0.1) is 4.92 Å². The highest BCUT2D eigenvalue weighted by atomic mass is 35.5. The fourth-order valence-corrected chi connectivity index (χ4v) is 3.94. The number of nitrogens with one attached hydrogen (secondary N) is 1. The summed E-state index contributed by atoms with van der Waals surface area (Å²) in [7, 11) is -3.92. The van der Waals surface area contributed by atoms with Gasteiger partial charge >= 0.3 is 0 Å². The lowest BCUT2D eigenvalue weighted by Gasteiger charge is -2.19. The Hall–Kier alpha value is -0.930. The first-order valence-electron chi connectivity index (χ1n) is 6.08. The van der Waals surface area contributed by atoms with Crippen LogP contribution in [0.1, 0.15) is 6.42 Å². The van der Waals surface area contributed by atoms with Crippen LogP contribution in [0.5, 0.6) is 0 Å². The summed E-state index contributed by atoms with van der Waals surface area (Å²) >= 11 is 5.78. The molecule has 1 aliphatic rings. The van der Waals surface area contributed by atoms with E-state index in [1.165, 1.54) is 10.4 Å². The summed E-state index contributed by atoms with van der Waals surface area (Å²) in [5.41, 5.74) is -0.452. The number of nitro benzene ring substituents is 1. The van der Waals surface area contributed by atoms with Crippen molar-refractivity contribution in [3.8, 4) is 0 Å². The molecule has 21 heavy (non-hydrogen) atoms. The first-order chi connectivity index (χ1) is 9.43. The molecule has 0 spiro atoms. The van der Waals surface area contributed by atoms with Crippen molar-refractivity contribution in [3.05, 3.63) is 33.3 Å². The summed E-state index contributed by atoms with van der Waals surface area (Å²) in [5, 5.41) is 14.2. The maximum absolute atomic E-state index is 12.6. The van der Waals surface area contributed by atoms with Crippen LogP contribution in [0.15, 0.2) is 23.1 Å². The van der Waals surface area contributed by atoms with E-state index in [9.17, 15) is 18.5 Å². The molecule has 10 heteroatoms. The second-order valence-electron chi connectivity index (χ2n) is 4.38. The molecule has 118 valence electrons. The fraction of sp³-hybridized carbons (Fsp3) is 0.455. The van der Waals surface area contributed by atoms with Gasteiger partial charge in [-0.3, -0.25) is 10.1 Å². The molecule has 1 aliphatic heterocycles. The number of nitro groups is 1. The van der Waals surface area contributed by atoms with Gasteiger partial charge in [-0.15, -0.1) is 12.4 Å². The number of sulfonamides is 1. The Morgan fingerprint density at radius 1 is 1.29 bits per heavy atom. The predicted molar refractivity (Wildman–Crippen MR) is 81.6 cm³/mol. The SMILES string of the molecule is Cl.O=[N+]([O-])c1ccc(Cl)cc1S(=O)(=O)N1CCCNCC1. The summed E-state index contributed by atoms with van der Waals surface area (Å²) in [4.78, 5) is 9.94. The molecule has 0 bridgehead atoms. The maximum atomic E-state index is 12.6. The average molecular weight is 356 g/mol. The molecule has 0 unspecified atom stereocenters. The summed E-state index contributed by atoms with van der Waals surface area (Å²) in [6.45, 7) is 1.86. The van der Waals surface area contributed by atoms with Crippen LogP contribution in [0.4, 0.5) is 5.69 Å². The van der Waals surface area contributed by atoms with Crippen molar-refractivity contribution >= 4 is 39.7 Å². The van der Waals surface area contributed by atoms with E-state index in [2.05, 4.69) is 5.32 Å². The highest BCUT2D eigenvalue weighted by Gasteiger charge is 2.32. The van der Waals surface area contributed by atoms with Gasteiger partial charge in [-0.25, -0.2) is 8.42 Å². The molecule has 0 aromatic heterocycles. The van der Waals surface area contributed by atoms with Crippen molar-refractivity contribution in [1.29, 1.82) is 0 Å². The van der Waals surface area contributed by atoms with Crippen LogP contribution in [0, 0.1) is 10.1 Å². The van der Waals surface area contributed by atoms with Crippen molar-refractivity contribution in [2.45, 2.75) is 11.3 Å². The number of rotatable bonds is 3. The van der Waals surface area contributed by atoms with Crippen molar-refractivity contribution in [3.63, 3.8) is 0 Å². The quantitative estimate of drug-likeness (QED) is 0.657. The zero-order valence-electron chi connectivity index (χ0n) is 11.0. The van der Waals surface area contributed by atoms with Gasteiger partial charge in [0, 0.05) is 30.7 Å². The van der Waals surface area contributed by atoms with E-state index in [1.807, 2.05) is 0 Å². The van der Waals surface area contributed by atoms with Gasteiger partial charge in [0.25, 0.3) is 5.69 Å². The molecule has 1 saturated heterocycles. The van der Waals surface area contributed by atoms with Gasteiger partial charge in [0.2, 0.25) is 10.0 Å². The van der Waals surface area contributed by atoms with Gasteiger partial charge in [0.1, 0.15) is 0 Å². The number of halogens is 2. The molecule has 1 aromatic carbocycles. The van der Waals surface area contributed by atoms with Crippen LogP contribution in [0.25, 0.3) is 0 Å². The second kappa shape index (κ2) is 7.37. The Bertz CT molecular complexity index is 616. The molecular weight excluding hydrogens is 341 g/mol. The van der Waals surface area contributed by atoms with Gasteiger partial charge in [0.15, 0.2) is 4.90 Å². The molecule has 7 nitrogen and oxygen atoms in total.